The maximum atomic E-state index is 13.0. The highest BCUT2D eigenvalue weighted by Gasteiger charge is 2.41. The van der Waals surface area contributed by atoms with Gasteiger partial charge in [0.05, 0.1) is 5.92 Å². The lowest BCUT2D eigenvalue weighted by Gasteiger charge is -2.28. The molecule has 2 aromatic rings. The predicted molar refractivity (Wildman–Crippen MR) is 92.3 cm³/mol. The number of amides is 2. The smallest absolute Gasteiger partial charge is 0.349 e. The molecule has 2 amide bonds. The van der Waals surface area contributed by atoms with Gasteiger partial charge in [0.1, 0.15) is 11.1 Å². The quantitative estimate of drug-likeness (QED) is 0.682. The van der Waals surface area contributed by atoms with E-state index < -0.39 is 11.5 Å². The molecule has 2 aliphatic rings. The average molecular weight is 340 g/mol. The molecule has 1 unspecified atom stereocenters. The molecular formula is C19H20N2O4. The number of nitrogens with zero attached hydrogens (tertiary/aromatic N) is 1. The number of carbonyl (C=O) groups excluding carboxylic acids is 2. The molecule has 0 spiro atoms. The maximum absolute atomic E-state index is 13.0. The Morgan fingerprint density at radius 2 is 1.96 bits per heavy atom. The average Bonchev–Trinajstić information content (AvgIpc) is 3.46. The van der Waals surface area contributed by atoms with Crippen molar-refractivity contribution in [3.63, 3.8) is 0 Å². The van der Waals surface area contributed by atoms with Crippen LogP contribution in [0, 0.1) is 5.92 Å². The fraction of sp³-hybridized carbons (Fsp3) is 0.421. The molecule has 1 saturated carbocycles. The zero-order valence-corrected chi connectivity index (χ0v) is 13.9. The zero-order valence-electron chi connectivity index (χ0n) is 13.9. The van der Waals surface area contributed by atoms with E-state index in [1.807, 2.05) is 6.07 Å². The van der Waals surface area contributed by atoms with E-state index in [2.05, 4.69) is 5.32 Å². The van der Waals surface area contributed by atoms with Crippen molar-refractivity contribution >= 4 is 22.8 Å². The summed E-state index contributed by atoms with van der Waals surface area (Å²) in [5, 5.41) is 3.88. The molecule has 1 saturated heterocycles. The standard InChI is InChI=1S/C19H20N2O4/c22-17(13-5-3-9-20-11-13)21(14-7-8-14)18(23)15-10-12-4-1-2-6-16(12)25-19(15)24/h1-2,4,6,10,13-14,20H,3,5,7-9,11H2. The molecule has 25 heavy (non-hydrogen) atoms. The van der Waals surface area contributed by atoms with Crippen LogP contribution in [0.1, 0.15) is 36.0 Å². The molecule has 6 heteroatoms. The van der Waals surface area contributed by atoms with Gasteiger partial charge in [-0.1, -0.05) is 18.2 Å². The minimum absolute atomic E-state index is 0.0669. The summed E-state index contributed by atoms with van der Waals surface area (Å²) in [5.74, 6) is -0.907. The van der Waals surface area contributed by atoms with Crippen molar-refractivity contribution in [1.82, 2.24) is 10.2 Å². The van der Waals surface area contributed by atoms with E-state index in [0.717, 1.165) is 32.2 Å². The molecule has 1 aromatic heterocycles. The number of rotatable bonds is 3. The first-order valence-electron chi connectivity index (χ1n) is 8.76. The summed E-state index contributed by atoms with van der Waals surface area (Å²) in [4.78, 5) is 39.5. The Labute approximate surface area is 144 Å². The third-order valence-corrected chi connectivity index (χ3v) is 4.89. The second-order valence-corrected chi connectivity index (χ2v) is 6.77. The summed E-state index contributed by atoms with van der Waals surface area (Å²) in [6.45, 7) is 1.48. The molecule has 1 atom stereocenters. The molecule has 1 aliphatic carbocycles. The first kappa shape index (κ1) is 16.0. The second kappa shape index (κ2) is 6.44. The molecule has 1 N–H and O–H groups in total. The number of imide groups is 1. The Balaban J connectivity index is 1.68. The molecule has 0 radical (unpaired) electrons. The van der Waals surface area contributed by atoms with Crippen LogP contribution < -0.4 is 10.9 Å². The van der Waals surface area contributed by atoms with Crippen LogP contribution in [0.4, 0.5) is 0 Å². The van der Waals surface area contributed by atoms with Crippen molar-refractivity contribution in [3.8, 4) is 0 Å². The van der Waals surface area contributed by atoms with Gasteiger partial charge in [-0.2, -0.15) is 0 Å². The lowest BCUT2D eigenvalue weighted by atomic mass is 9.97. The Morgan fingerprint density at radius 3 is 2.68 bits per heavy atom. The Morgan fingerprint density at radius 1 is 1.16 bits per heavy atom. The summed E-state index contributed by atoms with van der Waals surface area (Å²) < 4.78 is 5.26. The molecule has 6 nitrogen and oxygen atoms in total. The van der Waals surface area contributed by atoms with E-state index in [4.69, 9.17) is 4.42 Å². The van der Waals surface area contributed by atoms with E-state index in [0.29, 0.717) is 17.5 Å². The van der Waals surface area contributed by atoms with Gasteiger partial charge in [0.2, 0.25) is 5.91 Å². The maximum Gasteiger partial charge on any atom is 0.349 e. The van der Waals surface area contributed by atoms with E-state index in [1.165, 1.54) is 11.0 Å². The highest BCUT2D eigenvalue weighted by atomic mass is 16.4. The lowest BCUT2D eigenvalue weighted by molar-refractivity contribution is -0.133. The van der Waals surface area contributed by atoms with Crippen molar-refractivity contribution in [2.75, 3.05) is 13.1 Å². The van der Waals surface area contributed by atoms with E-state index in [1.54, 1.807) is 18.2 Å². The van der Waals surface area contributed by atoms with Gasteiger partial charge < -0.3 is 9.73 Å². The van der Waals surface area contributed by atoms with Crippen molar-refractivity contribution < 1.29 is 14.0 Å². The Kier molecular flexibility index (Phi) is 4.13. The molecule has 4 rings (SSSR count). The summed E-state index contributed by atoms with van der Waals surface area (Å²) in [7, 11) is 0. The Hall–Kier alpha value is -2.47. The summed E-state index contributed by atoms with van der Waals surface area (Å²) in [5.41, 5.74) is -0.323. The topological polar surface area (TPSA) is 79.6 Å². The third kappa shape index (κ3) is 3.09. The van der Waals surface area contributed by atoms with Crippen molar-refractivity contribution in [2.45, 2.75) is 31.7 Å². The number of fused-ring (bicyclic) bond motifs is 1. The number of hydrogen-bond donors (Lipinski definition) is 1. The first-order chi connectivity index (χ1) is 12.1. The van der Waals surface area contributed by atoms with Gasteiger partial charge in [0.25, 0.3) is 5.91 Å². The van der Waals surface area contributed by atoms with Gasteiger partial charge >= 0.3 is 5.63 Å². The van der Waals surface area contributed by atoms with Crippen LogP contribution in [0.5, 0.6) is 0 Å². The highest BCUT2D eigenvalue weighted by Crippen LogP contribution is 2.30. The van der Waals surface area contributed by atoms with Crippen LogP contribution in [-0.4, -0.2) is 35.8 Å². The van der Waals surface area contributed by atoms with Gasteiger partial charge in [-0.15, -0.1) is 0 Å². The van der Waals surface area contributed by atoms with E-state index >= 15 is 0 Å². The predicted octanol–water partition coefficient (Wildman–Crippen LogP) is 1.92. The number of nitrogens with one attached hydrogen (secondary N) is 1. The van der Waals surface area contributed by atoms with Gasteiger partial charge in [-0.25, -0.2) is 4.79 Å². The van der Waals surface area contributed by atoms with Crippen molar-refractivity contribution in [2.24, 2.45) is 5.92 Å². The molecule has 130 valence electrons. The second-order valence-electron chi connectivity index (χ2n) is 6.77. The molecule has 0 bridgehead atoms. The number of benzene rings is 1. The van der Waals surface area contributed by atoms with Crippen LogP contribution >= 0.6 is 0 Å². The fourth-order valence-electron chi connectivity index (χ4n) is 3.38. The number of piperidine rings is 1. The van der Waals surface area contributed by atoms with Crippen molar-refractivity contribution in [1.29, 1.82) is 0 Å². The summed E-state index contributed by atoms with van der Waals surface area (Å²) >= 11 is 0. The molecule has 1 aliphatic heterocycles. The van der Waals surface area contributed by atoms with Crippen LogP contribution in [0.3, 0.4) is 0 Å². The highest BCUT2D eigenvalue weighted by molar-refractivity contribution is 6.06. The molecule has 1 aromatic carbocycles. The van der Waals surface area contributed by atoms with Crippen LogP contribution in [-0.2, 0) is 4.79 Å². The number of para-hydroxylation sites is 1. The van der Waals surface area contributed by atoms with E-state index in [9.17, 15) is 14.4 Å². The number of hydrogen-bond acceptors (Lipinski definition) is 5. The summed E-state index contributed by atoms with van der Waals surface area (Å²) in [6.07, 6.45) is 3.29. The monoisotopic (exact) mass is 340 g/mol. The van der Waals surface area contributed by atoms with Crippen LogP contribution in [0.25, 0.3) is 11.0 Å². The van der Waals surface area contributed by atoms with Gasteiger partial charge in [0.15, 0.2) is 0 Å². The minimum atomic E-state index is -0.691. The van der Waals surface area contributed by atoms with Crippen LogP contribution in [0.15, 0.2) is 39.5 Å². The van der Waals surface area contributed by atoms with Gasteiger partial charge in [0, 0.05) is 18.0 Å². The SMILES string of the molecule is O=C(c1cc2ccccc2oc1=O)N(C(=O)C1CCCNC1)C1CC1. The summed E-state index contributed by atoms with van der Waals surface area (Å²) in [6, 6.07) is 8.49. The third-order valence-electron chi connectivity index (χ3n) is 4.89. The molecule has 2 heterocycles. The first-order valence-corrected chi connectivity index (χ1v) is 8.76. The largest absolute Gasteiger partial charge is 0.422 e. The number of carbonyl (C=O) groups is 2. The normalized spacial score (nSPS) is 20.4. The van der Waals surface area contributed by atoms with Gasteiger partial charge in [-0.05, 0) is 44.4 Å². The zero-order chi connectivity index (χ0) is 17.4. The molecule has 2 fully saturated rings. The van der Waals surface area contributed by atoms with E-state index in [-0.39, 0.29) is 23.4 Å². The minimum Gasteiger partial charge on any atom is -0.422 e. The van der Waals surface area contributed by atoms with Crippen molar-refractivity contribution in [3.05, 3.63) is 46.3 Å². The molecular weight excluding hydrogens is 320 g/mol. The fourth-order valence-corrected chi connectivity index (χ4v) is 3.38. The van der Waals surface area contributed by atoms with Crippen LogP contribution in [0.2, 0.25) is 0 Å². The Bertz CT molecular complexity index is 878. The van der Waals surface area contributed by atoms with Gasteiger partial charge in [-0.3, -0.25) is 14.5 Å². The lowest BCUT2D eigenvalue weighted by Crippen LogP contribution is -2.47.